The smallest absolute Gasteiger partial charge is 0.220 e. The van der Waals surface area contributed by atoms with Crippen molar-refractivity contribution in [1.82, 2.24) is 30.3 Å². The Morgan fingerprint density at radius 2 is 2.29 bits per heavy atom. The molecule has 0 spiro atoms. The molecule has 7 heteroatoms. The number of amides is 1. The number of nitrogens with zero attached hydrogens (tertiary/aromatic N) is 4. The van der Waals surface area contributed by atoms with Crippen LogP contribution in [0.1, 0.15) is 44.1 Å². The summed E-state index contributed by atoms with van der Waals surface area (Å²) in [5.41, 5.74) is 1.13. The third kappa shape index (κ3) is 4.70. The molecule has 0 aliphatic carbocycles. The summed E-state index contributed by atoms with van der Waals surface area (Å²) >= 11 is 0. The number of aromatic amines is 1. The molecule has 0 aromatic carbocycles. The number of carbonyl (C=O) groups is 1. The van der Waals surface area contributed by atoms with Crippen LogP contribution in [-0.2, 0) is 17.6 Å². The van der Waals surface area contributed by atoms with E-state index in [1.54, 1.807) is 12.5 Å². The summed E-state index contributed by atoms with van der Waals surface area (Å²) in [5.74, 6) is 0.984. The molecule has 2 N–H and O–H groups in total. The minimum Gasteiger partial charge on any atom is -0.356 e. The molecular formula is C14H22N6O. The maximum absolute atomic E-state index is 11.7. The fraction of sp³-hybridized carbons (Fsp3) is 0.571. The maximum atomic E-state index is 11.7. The first-order valence-corrected chi connectivity index (χ1v) is 7.29. The summed E-state index contributed by atoms with van der Waals surface area (Å²) in [5, 5.41) is 17.6. The van der Waals surface area contributed by atoms with Crippen LogP contribution < -0.4 is 5.32 Å². The molecule has 21 heavy (non-hydrogen) atoms. The summed E-state index contributed by atoms with van der Waals surface area (Å²) < 4.78 is 2.02. The molecule has 7 nitrogen and oxygen atoms in total. The summed E-state index contributed by atoms with van der Waals surface area (Å²) in [6.07, 6.45) is 8.30. The highest BCUT2D eigenvalue weighted by Gasteiger charge is 2.08. The SMILES string of the molecule is CC(C)n1cnnc1CCNC(=O)CCCc1cn[nH]c1. The van der Waals surface area contributed by atoms with E-state index >= 15 is 0 Å². The average Bonchev–Trinajstić information content (AvgIpc) is 3.09. The Hall–Kier alpha value is -2.18. The van der Waals surface area contributed by atoms with E-state index in [0.717, 1.165) is 24.2 Å². The number of aromatic nitrogens is 5. The van der Waals surface area contributed by atoms with Crippen LogP contribution in [0.4, 0.5) is 0 Å². The van der Waals surface area contributed by atoms with E-state index in [-0.39, 0.29) is 5.91 Å². The van der Waals surface area contributed by atoms with Gasteiger partial charge in [0.05, 0.1) is 6.20 Å². The summed E-state index contributed by atoms with van der Waals surface area (Å²) in [4.78, 5) is 11.7. The number of H-pyrrole nitrogens is 1. The Morgan fingerprint density at radius 3 is 3.00 bits per heavy atom. The topological polar surface area (TPSA) is 88.5 Å². The molecule has 0 saturated carbocycles. The van der Waals surface area contributed by atoms with Crippen molar-refractivity contribution in [3.8, 4) is 0 Å². The number of aryl methyl sites for hydroxylation is 1. The van der Waals surface area contributed by atoms with Gasteiger partial charge in [-0.25, -0.2) is 0 Å². The van der Waals surface area contributed by atoms with Gasteiger partial charge in [0, 0.05) is 31.6 Å². The van der Waals surface area contributed by atoms with Gasteiger partial charge in [0.2, 0.25) is 5.91 Å². The Bertz CT molecular complexity index is 546. The fourth-order valence-corrected chi connectivity index (χ4v) is 2.15. The van der Waals surface area contributed by atoms with Gasteiger partial charge in [-0.1, -0.05) is 0 Å². The zero-order valence-corrected chi connectivity index (χ0v) is 12.5. The standard InChI is InChI=1S/C14H22N6O/c1-11(2)20-10-18-19-13(20)6-7-15-14(21)5-3-4-12-8-16-17-9-12/h8-11H,3-7H2,1-2H3,(H,15,21)(H,16,17). The van der Waals surface area contributed by atoms with Crippen LogP contribution in [0.25, 0.3) is 0 Å². The molecule has 2 aromatic heterocycles. The summed E-state index contributed by atoms with van der Waals surface area (Å²) in [6, 6.07) is 0.334. The highest BCUT2D eigenvalue weighted by atomic mass is 16.1. The number of rotatable bonds is 8. The molecule has 0 aliphatic rings. The number of nitrogens with one attached hydrogen (secondary N) is 2. The first-order chi connectivity index (χ1) is 10.2. The molecule has 0 fully saturated rings. The van der Waals surface area contributed by atoms with Gasteiger partial charge in [-0.2, -0.15) is 5.10 Å². The second kappa shape index (κ2) is 7.56. The zero-order chi connectivity index (χ0) is 15.1. The molecule has 0 unspecified atom stereocenters. The third-order valence-corrected chi connectivity index (χ3v) is 3.30. The monoisotopic (exact) mass is 290 g/mol. The quantitative estimate of drug-likeness (QED) is 0.766. The zero-order valence-electron chi connectivity index (χ0n) is 12.5. The van der Waals surface area contributed by atoms with Crippen molar-refractivity contribution in [3.63, 3.8) is 0 Å². The molecule has 2 aromatic rings. The van der Waals surface area contributed by atoms with Gasteiger partial charge >= 0.3 is 0 Å². The van der Waals surface area contributed by atoms with Crippen molar-refractivity contribution >= 4 is 5.91 Å². The van der Waals surface area contributed by atoms with Gasteiger partial charge in [0.15, 0.2) is 0 Å². The first-order valence-electron chi connectivity index (χ1n) is 7.29. The highest BCUT2D eigenvalue weighted by Crippen LogP contribution is 2.06. The van der Waals surface area contributed by atoms with Crippen molar-refractivity contribution in [2.24, 2.45) is 0 Å². The molecule has 2 rings (SSSR count). The lowest BCUT2D eigenvalue weighted by molar-refractivity contribution is -0.121. The van der Waals surface area contributed by atoms with Crippen LogP contribution in [-0.4, -0.2) is 37.4 Å². The van der Waals surface area contributed by atoms with Crippen molar-refractivity contribution in [2.45, 2.75) is 45.6 Å². The van der Waals surface area contributed by atoms with Gasteiger partial charge in [-0.3, -0.25) is 9.89 Å². The molecule has 0 bridgehead atoms. The lowest BCUT2D eigenvalue weighted by atomic mass is 10.1. The van der Waals surface area contributed by atoms with Crippen molar-refractivity contribution in [1.29, 1.82) is 0 Å². The van der Waals surface area contributed by atoms with Crippen LogP contribution >= 0.6 is 0 Å². The van der Waals surface area contributed by atoms with Crippen LogP contribution in [0.15, 0.2) is 18.7 Å². The predicted molar refractivity (Wildman–Crippen MR) is 78.6 cm³/mol. The van der Waals surface area contributed by atoms with Crippen molar-refractivity contribution in [3.05, 3.63) is 30.1 Å². The second-order valence-corrected chi connectivity index (χ2v) is 5.31. The molecule has 2 heterocycles. The Morgan fingerprint density at radius 1 is 1.43 bits per heavy atom. The number of carbonyl (C=O) groups excluding carboxylic acids is 1. The minimum absolute atomic E-state index is 0.0779. The number of hydrogen-bond donors (Lipinski definition) is 2. The summed E-state index contributed by atoms with van der Waals surface area (Å²) in [7, 11) is 0. The van der Waals surface area contributed by atoms with Crippen LogP contribution in [0.2, 0.25) is 0 Å². The van der Waals surface area contributed by atoms with E-state index in [1.165, 1.54) is 0 Å². The highest BCUT2D eigenvalue weighted by molar-refractivity contribution is 5.75. The minimum atomic E-state index is 0.0779. The molecule has 1 amide bonds. The van der Waals surface area contributed by atoms with E-state index in [4.69, 9.17) is 0 Å². The molecule has 0 aliphatic heterocycles. The van der Waals surface area contributed by atoms with E-state index in [9.17, 15) is 4.79 Å². The van der Waals surface area contributed by atoms with E-state index in [1.807, 2.05) is 10.8 Å². The molecular weight excluding hydrogens is 268 g/mol. The largest absolute Gasteiger partial charge is 0.356 e. The first kappa shape index (κ1) is 15.2. The van der Waals surface area contributed by atoms with Crippen molar-refractivity contribution in [2.75, 3.05) is 6.54 Å². The predicted octanol–water partition coefficient (Wildman–Crippen LogP) is 1.26. The summed E-state index contributed by atoms with van der Waals surface area (Å²) in [6.45, 7) is 4.76. The molecule has 0 saturated heterocycles. The van der Waals surface area contributed by atoms with E-state index in [0.29, 0.717) is 25.4 Å². The molecule has 114 valence electrons. The number of hydrogen-bond acceptors (Lipinski definition) is 4. The normalized spacial score (nSPS) is 11.0. The fourth-order valence-electron chi connectivity index (χ4n) is 2.15. The van der Waals surface area contributed by atoms with Gasteiger partial charge < -0.3 is 9.88 Å². The van der Waals surface area contributed by atoms with Crippen molar-refractivity contribution < 1.29 is 4.79 Å². The molecule has 0 radical (unpaired) electrons. The Kier molecular flexibility index (Phi) is 5.48. The average molecular weight is 290 g/mol. The van der Waals surface area contributed by atoms with Crippen LogP contribution in [0, 0.1) is 0 Å². The Labute approximate surface area is 124 Å². The van der Waals surface area contributed by atoms with Crippen LogP contribution in [0.3, 0.4) is 0 Å². The Balaban J connectivity index is 1.64. The lowest BCUT2D eigenvalue weighted by Gasteiger charge is -2.10. The van der Waals surface area contributed by atoms with Crippen LogP contribution in [0.5, 0.6) is 0 Å². The van der Waals surface area contributed by atoms with Gasteiger partial charge in [0.25, 0.3) is 0 Å². The lowest BCUT2D eigenvalue weighted by Crippen LogP contribution is -2.26. The van der Waals surface area contributed by atoms with Gasteiger partial charge in [0.1, 0.15) is 12.2 Å². The maximum Gasteiger partial charge on any atom is 0.220 e. The van der Waals surface area contributed by atoms with E-state index < -0.39 is 0 Å². The second-order valence-electron chi connectivity index (χ2n) is 5.31. The molecule has 0 atom stereocenters. The third-order valence-electron chi connectivity index (χ3n) is 3.30. The van der Waals surface area contributed by atoms with E-state index in [2.05, 4.69) is 39.6 Å². The van der Waals surface area contributed by atoms with Gasteiger partial charge in [-0.15, -0.1) is 10.2 Å². The van der Waals surface area contributed by atoms with Gasteiger partial charge in [-0.05, 0) is 32.3 Å².